The Morgan fingerprint density at radius 1 is 0.783 bits per heavy atom. The molecule has 1 atom stereocenters. The number of carbonyl (C=O) groups excluding carboxylic acids is 1. The van der Waals surface area contributed by atoms with E-state index in [1.165, 1.54) is 0 Å². The van der Waals surface area contributed by atoms with E-state index < -0.39 is 0 Å². The third-order valence-electron chi connectivity index (χ3n) is 3.69. The van der Waals surface area contributed by atoms with Crippen molar-refractivity contribution in [2.45, 2.75) is 27.2 Å². The first-order chi connectivity index (χ1) is 11.1. The predicted molar refractivity (Wildman–Crippen MR) is 88.5 cm³/mol. The smallest absolute Gasteiger partial charge is 0.225 e. The van der Waals surface area contributed by atoms with Crippen LogP contribution in [0.2, 0.25) is 0 Å². The normalized spacial score (nSPS) is 21.5. The highest BCUT2D eigenvalue weighted by Crippen LogP contribution is 2.14. The number of rotatable bonds is 3. The fraction of sp³-hybridized carbons (Fsp3) is 0.941. The Kier molecular flexibility index (Phi) is 11.2. The maximum absolute atomic E-state index is 12.6. The minimum atomic E-state index is 0.0313. The summed E-state index contributed by atoms with van der Waals surface area (Å²) in [5.74, 6) is 0.727. The highest BCUT2D eigenvalue weighted by Gasteiger charge is 2.21. The summed E-state index contributed by atoms with van der Waals surface area (Å²) in [4.78, 5) is 14.4. The molecule has 6 nitrogen and oxygen atoms in total. The van der Waals surface area contributed by atoms with Crippen molar-refractivity contribution in [2.24, 2.45) is 11.8 Å². The lowest BCUT2D eigenvalue weighted by atomic mass is 9.97. The molecular weight excluding hydrogens is 298 g/mol. The van der Waals surface area contributed by atoms with Gasteiger partial charge in [-0.3, -0.25) is 4.79 Å². The number of hydrogen-bond donors (Lipinski definition) is 0. The summed E-state index contributed by atoms with van der Waals surface area (Å²) in [6.07, 6.45) is 0.902. The van der Waals surface area contributed by atoms with E-state index in [1.54, 1.807) is 0 Å². The average Bonchev–Trinajstić information content (AvgIpc) is 2.52. The van der Waals surface area contributed by atoms with Crippen molar-refractivity contribution < 1.29 is 23.7 Å². The van der Waals surface area contributed by atoms with Gasteiger partial charge in [0.15, 0.2) is 0 Å². The van der Waals surface area contributed by atoms with Crippen molar-refractivity contribution in [2.75, 3.05) is 65.9 Å². The average molecular weight is 331 g/mol. The Morgan fingerprint density at radius 3 is 1.57 bits per heavy atom. The van der Waals surface area contributed by atoms with E-state index in [9.17, 15) is 4.79 Å². The summed E-state index contributed by atoms with van der Waals surface area (Å²) < 4.78 is 21.9. The second-order valence-corrected chi connectivity index (χ2v) is 6.31. The van der Waals surface area contributed by atoms with Gasteiger partial charge < -0.3 is 23.8 Å². The SMILES string of the molecule is CC(C)C[C@H](C)C(=O)N1CCOCCOCCOCCOCC1. The Bertz CT molecular complexity index is 295. The highest BCUT2D eigenvalue weighted by atomic mass is 16.6. The monoisotopic (exact) mass is 331 g/mol. The molecule has 1 heterocycles. The van der Waals surface area contributed by atoms with Crippen molar-refractivity contribution in [3.63, 3.8) is 0 Å². The standard InChI is InChI=1S/C17H33NO5/c1-15(2)14-16(3)17(19)18-4-6-20-8-10-22-12-13-23-11-9-21-7-5-18/h15-16H,4-14H2,1-3H3/t16-/m0/s1. The summed E-state index contributed by atoms with van der Waals surface area (Å²) in [5, 5.41) is 0. The molecule has 1 rings (SSSR count). The predicted octanol–water partition coefficient (Wildman–Crippen LogP) is 1.58. The zero-order chi connectivity index (χ0) is 16.9. The van der Waals surface area contributed by atoms with Crippen LogP contribution in [0.25, 0.3) is 0 Å². The van der Waals surface area contributed by atoms with Crippen LogP contribution >= 0.6 is 0 Å². The Hall–Kier alpha value is -0.690. The molecule has 0 aromatic carbocycles. The van der Waals surface area contributed by atoms with Gasteiger partial charge in [-0.05, 0) is 12.3 Å². The maximum atomic E-state index is 12.6. The van der Waals surface area contributed by atoms with Gasteiger partial charge in [0.1, 0.15) is 0 Å². The molecule has 0 aliphatic carbocycles. The molecule has 1 amide bonds. The molecule has 0 aromatic rings. The molecule has 0 radical (unpaired) electrons. The quantitative estimate of drug-likeness (QED) is 0.786. The molecule has 1 aliphatic rings. The van der Waals surface area contributed by atoms with Crippen LogP contribution in [0.1, 0.15) is 27.2 Å². The molecule has 0 spiro atoms. The van der Waals surface area contributed by atoms with E-state index in [4.69, 9.17) is 18.9 Å². The topological polar surface area (TPSA) is 57.2 Å². The van der Waals surface area contributed by atoms with Crippen LogP contribution in [0.4, 0.5) is 0 Å². The first kappa shape index (κ1) is 20.4. The summed E-state index contributed by atoms with van der Waals surface area (Å²) in [5.41, 5.74) is 0. The van der Waals surface area contributed by atoms with Crippen LogP contribution in [-0.4, -0.2) is 76.8 Å². The summed E-state index contributed by atoms with van der Waals surface area (Å²) >= 11 is 0. The number of amides is 1. The third kappa shape index (κ3) is 9.91. The summed E-state index contributed by atoms with van der Waals surface area (Å²) in [6, 6.07) is 0. The molecule has 0 bridgehead atoms. The lowest BCUT2D eigenvalue weighted by Crippen LogP contribution is -2.40. The van der Waals surface area contributed by atoms with E-state index in [-0.39, 0.29) is 11.8 Å². The second-order valence-electron chi connectivity index (χ2n) is 6.31. The summed E-state index contributed by atoms with van der Waals surface area (Å²) in [6.45, 7) is 11.9. The molecule has 136 valence electrons. The molecule has 0 aromatic heterocycles. The molecule has 0 N–H and O–H groups in total. The number of ether oxygens (including phenoxy) is 4. The molecule has 0 saturated carbocycles. The number of carbonyl (C=O) groups is 1. The van der Waals surface area contributed by atoms with Gasteiger partial charge in [-0.15, -0.1) is 0 Å². The van der Waals surface area contributed by atoms with E-state index in [1.807, 2.05) is 11.8 Å². The molecule has 1 fully saturated rings. The molecule has 1 aliphatic heterocycles. The third-order valence-corrected chi connectivity index (χ3v) is 3.69. The number of hydrogen-bond acceptors (Lipinski definition) is 5. The van der Waals surface area contributed by atoms with Crippen LogP contribution in [0.5, 0.6) is 0 Å². The van der Waals surface area contributed by atoms with Crippen molar-refractivity contribution >= 4 is 5.91 Å². The van der Waals surface area contributed by atoms with Gasteiger partial charge in [-0.2, -0.15) is 0 Å². The van der Waals surface area contributed by atoms with Gasteiger partial charge in [0.2, 0.25) is 5.91 Å². The molecule has 6 heteroatoms. The molecule has 23 heavy (non-hydrogen) atoms. The highest BCUT2D eigenvalue weighted by molar-refractivity contribution is 5.78. The second kappa shape index (κ2) is 12.7. The lowest BCUT2D eigenvalue weighted by molar-refractivity contribution is -0.137. The molecule has 0 unspecified atom stereocenters. The van der Waals surface area contributed by atoms with E-state index >= 15 is 0 Å². The first-order valence-electron chi connectivity index (χ1n) is 8.71. The largest absolute Gasteiger partial charge is 0.377 e. The van der Waals surface area contributed by atoms with Crippen LogP contribution in [0, 0.1) is 11.8 Å². The Morgan fingerprint density at radius 2 is 1.17 bits per heavy atom. The van der Waals surface area contributed by atoms with Gasteiger partial charge in [0.05, 0.1) is 52.9 Å². The van der Waals surface area contributed by atoms with Crippen molar-refractivity contribution in [1.82, 2.24) is 4.90 Å². The van der Waals surface area contributed by atoms with Gasteiger partial charge >= 0.3 is 0 Å². The zero-order valence-electron chi connectivity index (χ0n) is 14.9. The van der Waals surface area contributed by atoms with Gasteiger partial charge in [-0.25, -0.2) is 0 Å². The summed E-state index contributed by atoms with van der Waals surface area (Å²) in [7, 11) is 0. The molecular formula is C17H33NO5. The van der Waals surface area contributed by atoms with Crippen LogP contribution in [0.3, 0.4) is 0 Å². The first-order valence-corrected chi connectivity index (χ1v) is 8.71. The van der Waals surface area contributed by atoms with Gasteiger partial charge in [0, 0.05) is 19.0 Å². The van der Waals surface area contributed by atoms with Gasteiger partial charge in [-0.1, -0.05) is 20.8 Å². The maximum Gasteiger partial charge on any atom is 0.225 e. The lowest BCUT2D eigenvalue weighted by Gasteiger charge is -2.26. The van der Waals surface area contributed by atoms with Crippen LogP contribution < -0.4 is 0 Å². The van der Waals surface area contributed by atoms with Crippen molar-refractivity contribution in [1.29, 1.82) is 0 Å². The fourth-order valence-corrected chi connectivity index (χ4v) is 2.56. The van der Waals surface area contributed by atoms with E-state index in [2.05, 4.69) is 13.8 Å². The Labute approximate surface area is 140 Å². The van der Waals surface area contributed by atoms with Crippen molar-refractivity contribution in [3.05, 3.63) is 0 Å². The van der Waals surface area contributed by atoms with E-state index in [0.29, 0.717) is 71.9 Å². The zero-order valence-corrected chi connectivity index (χ0v) is 14.9. The minimum Gasteiger partial charge on any atom is -0.377 e. The van der Waals surface area contributed by atoms with Crippen LogP contribution in [0.15, 0.2) is 0 Å². The van der Waals surface area contributed by atoms with Crippen molar-refractivity contribution in [3.8, 4) is 0 Å². The minimum absolute atomic E-state index is 0.0313. The molecule has 1 saturated heterocycles. The van der Waals surface area contributed by atoms with E-state index in [0.717, 1.165) is 6.42 Å². The van der Waals surface area contributed by atoms with Crippen LogP contribution in [-0.2, 0) is 23.7 Å². The van der Waals surface area contributed by atoms with Gasteiger partial charge in [0.25, 0.3) is 0 Å². The fourth-order valence-electron chi connectivity index (χ4n) is 2.56. The Balaban J connectivity index is 2.46. The number of nitrogens with zero attached hydrogens (tertiary/aromatic N) is 1.